The number of likely N-dealkylation sites (tertiary alicyclic amines) is 1. The van der Waals surface area contributed by atoms with Gasteiger partial charge in [-0.25, -0.2) is 0 Å². The minimum atomic E-state index is -0.132. The number of carbonyl (C=O) groups excluding carboxylic acids is 2. The van der Waals surface area contributed by atoms with E-state index < -0.39 is 0 Å². The van der Waals surface area contributed by atoms with Crippen LogP contribution in [0.3, 0.4) is 0 Å². The van der Waals surface area contributed by atoms with Crippen LogP contribution >= 0.6 is 11.8 Å². The van der Waals surface area contributed by atoms with Crippen molar-refractivity contribution < 1.29 is 14.0 Å². The van der Waals surface area contributed by atoms with E-state index in [0.29, 0.717) is 18.7 Å². The molecule has 1 aromatic carbocycles. The Morgan fingerprint density at radius 2 is 2.09 bits per heavy atom. The fraction of sp³-hybridized carbons (Fsp3) is 0.333. The molecular weight excluding hydrogens is 310 g/mol. The second-order valence-corrected chi connectivity index (χ2v) is 6.51. The highest BCUT2D eigenvalue weighted by atomic mass is 32.2. The zero-order chi connectivity index (χ0) is 16.2. The molecular formula is C18H19NO3S. The summed E-state index contributed by atoms with van der Waals surface area (Å²) >= 11 is 1.58. The summed E-state index contributed by atoms with van der Waals surface area (Å²) in [5.74, 6) is -0.0538. The summed E-state index contributed by atoms with van der Waals surface area (Å²) in [6.07, 6.45) is 6.60. The largest absolute Gasteiger partial charge is 0.472 e. The molecule has 5 heteroatoms. The lowest BCUT2D eigenvalue weighted by Gasteiger charge is -2.32. The molecule has 1 aliphatic heterocycles. The molecule has 0 spiro atoms. The van der Waals surface area contributed by atoms with Crippen LogP contribution in [0.4, 0.5) is 0 Å². The van der Waals surface area contributed by atoms with Gasteiger partial charge in [0.15, 0.2) is 5.78 Å². The molecule has 0 bridgehead atoms. The van der Waals surface area contributed by atoms with Crippen molar-refractivity contribution in [1.82, 2.24) is 4.90 Å². The Bertz CT molecular complexity index is 696. The van der Waals surface area contributed by atoms with Crippen LogP contribution in [0.2, 0.25) is 0 Å². The maximum atomic E-state index is 12.9. The van der Waals surface area contributed by atoms with Gasteiger partial charge in [-0.05, 0) is 31.2 Å². The summed E-state index contributed by atoms with van der Waals surface area (Å²) in [5.41, 5.74) is 1.31. The maximum absolute atomic E-state index is 12.9. The highest BCUT2D eigenvalue weighted by Gasteiger charge is 2.30. The number of furan rings is 1. The van der Waals surface area contributed by atoms with Crippen molar-refractivity contribution in [3.63, 3.8) is 0 Å². The number of hydrogen-bond acceptors (Lipinski definition) is 4. The number of Topliss-reactive ketones (excluding diaryl/α,β-unsaturated/α-hetero) is 1. The van der Waals surface area contributed by atoms with Crippen molar-refractivity contribution in [2.24, 2.45) is 5.92 Å². The van der Waals surface area contributed by atoms with E-state index in [9.17, 15) is 9.59 Å². The minimum absolute atomic E-state index is 0.0607. The number of nitrogens with zero attached hydrogens (tertiary/aromatic N) is 1. The standard InChI is InChI=1S/C18H19NO3S/c1-23-16-7-3-2-6-15(16)17(20)13-5-4-9-19(11-13)18(21)14-8-10-22-12-14/h2-3,6-8,10,12-13H,4-5,9,11H2,1H3/t13-/m1/s1. The van der Waals surface area contributed by atoms with Crippen LogP contribution in [0, 0.1) is 5.92 Å². The summed E-state index contributed by atoms with van der Waals surface area (Å²) in [6, 6.07) is 9.35. The predicted octanol–water partition coefficient (Wildman–Crippen LogP) is 3.74. The number of carbonyl (C=O) groups is 2. The highest BCUT2D eigenvalue weighted by molar-refractivity contribution is 7.98. The van der Waals surface area contributed by atoms with Gasteiger partial charge in [0, 0.05) is 29.5 Å². The Kier molecular flexibility index (Phi) is 4.86. The van der Waals surface area contributed by atoms with Crippen molar-refractivity contribution in [1.29, 1.82) is 0 Å². The molecule has 0 saturated carbocycles. The topological polar surface area (TPSA) is 50.5 Å². The first-order chi connectivity index (χ1) is 11.2. The molecule has 2 heterocycles. The third kappa shape index (κ3) is 3.34. The molecule has 2 aromatic rings. The molecule has 1 saturated heterocycles. The molecule has 1 aliphatic rings. The average Bonchev–Trinajstić information content (AvgIpc) is 3.15. The van der Waals surface area contributed by atoms with Gasteiger partial charge in [0.25, 0.3) is 5.91 Å². The summed E-state index contributed by atoms with van der Waals surface area (Å²) in [4.78, 5) is 28.1. The first-order valence-electron chi connectivity index (χ1n) is 7.69. The van der Waals surface area contributed by atoms with Crippen LogP contribution in [-0.2, 0) is 0 Å². The highest BCUT2D eigenvalue weighted by Crippen LogP contribution is 2.27. The summed E-state index contributed by atoms with van der Waals surface area (Å²) in [7, 11) is 0. The second kappa shape index (κ2) is 7.04. The van der Waals surface area contributed by atoms with Crippen molar-refractivity contribution in [2.45, 2.75) is 17.7 Å². The second-order valence-electron chi connectivity index (χ2n) is 5.67. The molecule has 1 aromatic heterocycles. The van der Waals surface area contributed by atoms with Gasteiger partial charge >= 0.3 is 0 Å². The molecule has 3 rings (SSSR count). The van der Waals surface area contributed by atoms with Gasteiger partial charge in [0.05, 0.1) is 11.8 Å². The quantitative estimate of drug-likeness (QED) is 0.633. The SMILES string of the molecule is CSc1ccccc1C(=O)[C@@H]1CCCN(C(=O)c2ccoc2)C1. The molecule has 1 amide bonds. The number of benzene rings is 1. The van der Waals surface area contributed by atoms with Crippen LogP contribution in [0.15, 0.2) is 52.2 Å². The Labute approximate surface area is 139 Å². The minimum Gasteiger partial charge on any atom is -0.472 e. The molecule has 0 radical (unpaired) electrons. The lowest BCUT2D eigenvalue weighted by atomic mass is 9.89. The third-order valence-corrected chi connectivity index (χ3v) is 5.02. The molecule has 1 fully saturated rings. The normalized spacial score (nSPS) is 18.0. The molecule has 120 valence electrons. The number of hydrogen-bond donors (Lipinski definition) is 0. The third-order valence-electron chi connectivity index (χ3n) is 4.22. The predicted molar refractivity (Wildman–Crippen MR) is 89.9 cm³/mol. The molecule has 1 atom stereocenters. The molecule has 4 nitrogen and oxygen atoms in total. The monoisotopic (exact) mass is 329 g/mol. The van der Waals surface area contributed by atoms with Crippen molar-refractivity contribution >= 4 is 23.5 Å². The lowest BCUT2D eigenvalue weighted by Crippen LogP contribution is -2.42. The van der Waals surface area contributed by atoms with E-state index in [1.807, 2.05) is 30.5 Å². The van der Waals surface area contributed by atoms with Crippen LogP contribution in [0.1, 0.15) is 33.6 Å². The van der Waals surface area contributed by atoms with E-state index in [2.05, 4.69) is 0 Å². The summed E-state index contributed by atoms with van der Waals surface area (Å²) in [6.45, 7) is 1.17. The summed E-state index contributed by atoms with van der Waals surface area (Å²) < 4.78 is 4.98. The van der Waals surface area contributed by atoms with Gasteiger partial charge in [-0.3, -0.25) is 9.59 Å². The maximum Gasteiger partial charge on any atom is 0.257 e. The smallest absolute Gasteiger partial charge is 0.257 e. The van der Waals surface area contributed by atoms with Crippen LogP contribution in [0.25, 0.3) is 0 Å². The zero-order valence-corrected chi connectivity index (χ0v) is 13.8. The van der Waals surface area contributed by atoms with Crippen LogP contribution < -0.4 is 0 Å². The van der Waals surface area contributed by atoms with Gasteiger partial charge in [-0.2, -0.15) is 0 Å². The van der Waals surface area contributed by atoms with Gasteiger partial charge in [-0.1, -0.05) is 18.2 Å². The van der Waals surface area contributed by atoms with Gasteiger partial charge in [0.2, 0.25) is 0 Å². The lowest BCUT2D eigenvalue weighted by molar-refractivity contribution is 0.0635. The average molecular weight is 329 g/mol. The van der Waals surface area contributed by atoms with E-state index in [1.165, 1.54) is 12.5 Å². The van der Waals surface area contributed by atoms with Gasteiger partial charge in [-0.15, -0.1) is 11.8 Å². The fourth-order valence-corrected chi connectivity index (χ4v) is 3.62. The number of amides is 1. The van der Waals surface area contributed by atoms with E-state index in [1.54, 1.807) is 22.7 Å². The molecule has 0 aliphatic carbocycles. The Balaban J connectivity index is 1.76. The number of rotatable bonds is 4. The Hall–Kier alpha value is -2.01. The van der Waals surface area contributed by atoms with Crippen molar-refractivity contribution in [3.8, 4) is 0 Å². The number of piperidine rings is 1. The van der Waals surface area contributed by atoms with Crippen LogP contribution in [0.5, 0.6) is 0 Å². The fourth-order valence-electron chi connectivity index (χ4n) is 3.01. The van der Waals surface area contributed by atoms with Crippen LogP contribution in [-0.4, -0.2) is 35.9 Å². The van der Waals surface area contributed by atoms with E-state index in [4.69, 9.17) is 4.42 Å². The van der Waals surface area contributed by atoms with Crippen molar-refractivity contribution in [3.05, 3.63) is 54.0 Å². The molecule has 0 N–H and O–H groups in total. The first-order valence-corrected chi connectivity index (χ1v) is 8.92. The zero-order valence-electron chi connectivity index (χ0n) is 13.0. The van der Waals surface area contributed by atoms with E-state index in [-0.39, 0.29) is 17.6 Å². The van der Waals surface area contributed by atoms with Gasteiger partial charge < -0.3 is 9.32 Å². The molecule has 0 unspecified atom stereocenters. The Morgan fingerprint density at radius 3 is 2.83 bits per heavy atom. The van der Waals surface area contributed by atoms with Crippen molar-refractivity contribution in [2.75, 3.05) is 19.3 Å². The number of ketones is 1. The Morgan fingerprint density at radius 1 is 1.26 bits per heavy atom. The van der Waals surface area contributed by atoms with E-state index >= 15 is 0 Å². The molecule has 23 heavy (non-hydrogen) atoms. The first kappa shape index (κ1) is 15.9. The number of thioether (sulfide) groups is 1. The summed E-state index contributed by atoms with van der Waals surface area (Å²) in [5, 5.41) is 0. The van der Waals surface area contributed by atoms with E-state index in [0.717, 1.165) is 23.3 Å². The van der Waals surface area contributed by atoms with Gasteiger partial charge in [0.1, 0.15) is 6.26 Å².